The predicted molar refractivity (Wildman–Crippen MR) is 96.0 cm³/mol. The summed E-state index contributed by atoms with van der Waals surface area (Å²) in [6.07, 6.45) is 0.997. The van der Waals surface area contributed by atoms with Crippen LogP contribution < -0.4 is 10.2 Å². The third kappa shape index (κ3) is 4.05. The minimum Gasteiger partial charge on any atom is -0.369 e. The first-order valence-corrected chi connectivity index (χ1v) is 9.02. The fraction of sp³-hybridized carbons (Fsp3) is 0.389. The molecule has 0 saturated carbocycles. The summed E-state index contributed by atoms with van der Waals surface area (Å²) in [4.78, 5) is 17.9. The van der Waals surface area contributed by atoms with E-state index in [1.54, 1.807) is 11.3 Å². The van der Waals surface area contributed by atoms with E-state index < -0.39 is 0 Å². The van der Waals surface area contributed by atoms with E-state index in [4.69, 9.17) is 0 Å². The lowest BCUT2D eigenvalue weighted by atomic mass is 10.2. The summed E-state index contributed by atoms with van der Waals surface area (Å²) in [5.74, 6) is 0. The van der Waals surface area contributed by atoms with Gasteiger partial charge in [0.2, 0.25) is 0 Å². The van der Waals surface area contributed by atoms with Crippen molar-refractivity contribution in [3.8, 4) is 0 Å². The number of nitrogens with zero attached hydrogens (tertiary/aromatic N) is 2. The first-order valence-electron chi connectivity index (χ1n) is 8.14. The van der Waals surface area contributed by atoms with Crippen LogP contribution in [0, 0.1) is 0 Å². The number of thiophene rings is 1. The number of anilines is 1. The molecule has 2 aromatic rings. The molecule has 0 aliphatic carbocycles. The van der Waals surface area contributed by atoms with Gasteiger partial charge in [0.05, 0.1) is 6.54 Å². The second kappa shape index (κ2) is 7.51. The molecular weight excluding hydrogens is 306 g/mol. The zero-order valence-electron chi connectivity index (χ0n) is 13.4. The number of carbonyl (C=O) groups excluding carboxylic acids is 1. The normalized spacial score (nSPS) is 17.3. The van der Waals surface area contributed by atoms with Gasteiger partial charge in [-0.15, -0.1) is 11.3 Å². The van der Waals surface area contributed by atoms with E-state index in [0.29, 0.717) is 6.54 Å². The standard InChI is InChI=1S/C18H23N3OS/c1-2-20(14-17-9-6-12-23-17)18(22)19-15-10-11-21(13-15)16-7-4-3-5-8-16/h3-9,12,15H,2,10-11,13-14H2,1H3,(H,19,22). The highest BCUT2D eigenvalue weighted by atomic mass is 32.1. The molecule has 5 heteroatoms. The molecular formula is C18H23N3OS. The summed E-state index contributed by atoms with van der Waals surface area (Å²) in [6, 6.07) is 14.8. The molecule has 2 heterocycles. The van der Waals surface area contributed by atoms with E-state index in [-0.39, 0.29) is 12.1 Å². The van der Waals surface area contributed by atoms with Gasteiger partial charge in [-0.25, -0.2) is 4.79 Å². The SMILES string of the molecule is CCN(Cc1cccs1)C(=O)NC1CCN(c2ccccc2)C1. The average molecular weight is 329 g/mol. The van der Waals surface area contributed by atoms with Gasteiger partial charge < -0.3 is 15.1 Å². The number of amides is 2. The summed E-state index contributed by atoms with van der Waals surface area (Å²) >= 11 is 1.69. The van der Waals surface area contributed by atoms with Crippen molar-refractivity contribution in [1.29, 1.82) is 0 Å². The van der Waals surface area contributed by atoms with Crippen molar-refractivity contribution in [1.82, 2.24) is 10.2 Å². The van der Waals surface area contributed by atoms with Gasteiger partial charge in [-0.3, -0.25) is 0 Å². The monoisotopic (exact) mass is 329 g/mol. The lowest BCUT2D eigenvalue weighted by Gasteiger charge is -2.24. The second-order valence-electron chi connectivity index (χ2n) is 5.81. The Labute approximate surface area is 141 Å². The van der Waals surface area contributed by atoms with Crippen molar-refractivity contribution < 1.29 is 4.79 Å². The van der Waals surface area contributed by atoms with E-state index in [9.17, 15) is 4.79 Å². The number of rotatable bonds is 5. The molecule has 0 bridgehead atoms. The Hall–Kier alpha value is -2.01. The van der Waals surface area contributed by atoms with Gasteiger partial charge in [-0.2, -0.15) is 0 Å². The van der Waals surface area contributed by atoms with E-state index >= 15 is 0 Å². The zero-order valence-corrected chi connectivity index (χ0v) is 14.3. The van der Waals surface area contributed by atoms with Crippen LogP contribution in [0.5, 0.6) is 0 Å². The predicted octanol–water partition coefficient (Wildman–Crippen LogP) is 3.56. The van der Waals surface area contributed by atoms with Crippen molar-refractivity contribution in [2.45, 2.75) is 25.9 Å². The van der Waals surface area contributed by atoms with Gasteiger partial charge in [0, 0.05) is 36.2 Å². The van der Waals surface area contributed by atoms with Crippen LogP contribution in [-0.4, -0.2) is 36.6 Å². The highest BCUT2D eigenvalue weighted by molar-refractivity contribution is 7.09. The number of benzene rings is 1. The molecule has 122 valence electrons. The summed E-state index contributed by atoms with van der Waals surface area (Å²) in [5, 5.41) is 5.24. The molecule has 1 aromatic heterocycles. The molecule has 2 amide bonds. The van der Waals surface area contributed by atoms with Gasteiger partial charge >= 0.3 is 6.03 Å². The molecule has 1 saturated heterocycles. The van der Waals surface area contributed by atoms with Crippen LogP contribution in [0.3, 0.4) is 0 Å². The minimum absolute atomic E-state index is 0.0424. The maximum Gasteiger partial charge on any atom is 0.317 e. The third-order valence-electron chi connectivity index (χ3n) is 4.23. The molecule has 0 radical (unpaired) electrons. The van der Waals surface area contributed by atoms with Gasteiger partial charge in [0.15, 0.2) is 0 Å². The number of carbonyl (C=O) groups is 1. The minimum atomic E-state index is 0.0424. The molecule has 0 spiro atoms. The van der Waals surface area contributed by atoms with Crippen LogP contribution >= 0.6 is 11.3 Å². The number of hydrogen-bond donors (Lipinski definition) is 1. The Morgan fingerprint density at radius 2 is 2.13 bits per heavy atom. The van der Waals surface area contributed by atoms with Crippen molar-refractivity contribution in [2.75, 3.05) is 24.5 Å². The number of nitrogens with one attached hydrogen (secondary N) is 1. The fourth-order valence-corrected chi connectivity index (χ4v) is 3.65. The molecule has 1 unspecified atom stereocenters. The van der Waals surface area contributed by atoms with Gasteiger partial charge in [0.25, 0.3) is 0 Å². The maximum absolute atomic E-state index is 12.5. The Balaban J connectivity index is 1.53. The molecule has 1 aromatic carbocycles. The smallest absolute Gasteiger partial charge is 0.317 e. The molecule has 3 rings (SSSR count). The van der Waals surface area contributed by atoms with Crippen LogP contribution in [0.4, 0.5) is 10.5 Å². The summed E-state index contributed by atoms with van der Waals surface area (Å²) < 4.78 is 0. The topological polar surface area (TPSA) is 35.6 Å². The first kappa shape index (κ1) is 15.9. The highest BCUT2D eigenvalue weighted by Crippen LogP contribution is 2.20. The van der Waals surface area contributed by atoms with Crippen molar-refractivity contribution in [3.05, 3.63) is 52.7 Å². The van der Waals surface area contributed by atoms with Gasteiger partial charge in [0.1, 0.15) is 0 Å². The Kier molecular flexibility index (Phi) is 5.18. The summed E-state index contributed by atoms with van der Waals surface area (Å²) in [7, 11) is 0. The number of urea groups is 1. The number of hydrogen-bond acceptors (Lipinski definition) is 3. The van der Waals surface area contributed by atoms with E-state index in [1.807, 2.05) is 24.0 Å². The van der Waals surface area contributed by atoms with Gasteiger partial charge in [-0.1, -0.05) is 24.3 Å². The van der Waals surface area contributed by atoms with Crippen LogP contribution in [0.1, 0.15) is 18.2 Å². The van der Waals surface area contributed by atoms with E-state index in [2.05, 4.69) is 45.9 Å². The second-order valence-corrected chi connectivity index (χ2v) is 6.84. The van der Waals surface area contributed by atoms with Gasteiger partial charge in [-0.05, 0) is 36.9 Å². The van der Waals surface area contributed by atoms with Crippen LogP contribution in [0.2, 0.25) is 0 Å². The lowest BCUT2D eigenvalue weighted by Crippen LogP contribution is -2.45. The Bertz CT molecular complexity index is 614. The molecule has 1 aliphatic heterocycles. The van der Waals surface area contributed by atoms with Crippen molar-refractivity contribution in [3.63, 3.8) is 0 Å². The quantitative estimate of drug-likeness (QED) is 0.910. The average Bonchev–Trinajstić information content (AvgIpc) is 3.25. The lowest BCUT2D eigenvalue weighted by molar-refractivity contribution is 0.195. The molecule has 23 heavy (non-hydrogen) atoms. The highest BCUT2D eigenvalue weighted by Gasteiger charge is 2.25. The summed E-state index contributed by atoms with van der Waals surface area (Å²) in [6.45, 7) is 5.31. The molecule has 1 fully saturated rings. The van der Waals surface area contributed by atoms with E-state index in [1.165, 1.54) is 10.6 Å². The fourth-order valence-electron chi connectivity index (χ4n) is 2.94. The molecule has 1 aliphatic rings. The Morgan fingerprint density at radius 3 is 2.83 bits per heavy atom. The summed E-state index contributed by atoms with van der Waals surface area (Å²) in [5.41, 5.74) is 1.23. The largest absolute Gasteiger partial charge is 0.369 e. The number of para-hydroxylation sites is 1. The third-order valence-corrected chi connectivity index (χ3v) is 5.09. The maximum atomic E-state index is 12.5. The first-order chi connectivity index (χ1) is 11.3. The van der Waals surface area contributed by atoms with Crippen LogP contribution in [0.15, 0.2) is 47.8 Å². The van der Waals surface area contributed by atoms with Crippen LogP contribution in [-0.2, 0) is 6.54 Å². The zero-order chi connectivity index (χ0) is 16.1. The molecule has 1 N–H and O–H groups in total. The van der Waals surface area contributed by atoms with Crippen LogP contribution in [0.25, 0.3) is 0 Å². The Morgan fingerprint density at radius 1 is 1.30 bits per heavy atom. The molecule has 4 nitrogen and oxygen atoms in total. The molecule has 1 atom stereocenters. The van der Waals surface area contributed by atoms with Crippen molar-refractivity contribution in [2.24, 2.45) is 0 Å². The van der Waals surface area contributed by atoms with Crippen molar-refractivity contribution >= 4 is 23.1 Å². The van der Waals surface area contributed by atoms with E-state index in [0.717, 1.165) is 26.1 Å².